The van der Waals surface area contributed by atoms with Crippen molar-refractivity contribution in [3.63, 3.8) is 0 Å². The van der Waals surface area contributed by atoms with Crippen LogP contribution in [0.15, 0.2) is 41.8 Å². The molecule has 70 valence electrons. The lowest BCUT2D eigenvalue weighted by Gasteiger charge is -2.02. The molecule has 1 amide bonds. The average Bonchev–Trinajstić information content (AvgIpc) is 2.70. The number of amides is 1. The maximum atomic E-state index is 11.1. The lowest BCUT2D eigenvalue weighted by molar-refractivity contribution is 0.100. The molecular formula is C11H9NOS. The van der Waals surface area contributed by atoms with Crippen molar-refractivity contribution in [2.24, 2.45) is 5.73 Å². The van der Waals surface area contributed by atoms with E-state index in [4.69, 9.17) is 5.73 Å². The zero-order valence-corrected chi connectivity index (χ0v) is 8.25. The average molecular weight is 203 g/mol. The maximum absolute atomic E-state index is 11.1. The molecule has 14 heavy (non-hydrogen) atoms. The Balaban J connectivity index is 2.58. The van der Waals surface area contributed by atoms with E-state index in [1.807, 2.05) is 35.7 Å². The third-order valence-electron chi connectivity index (χ3n) is 1.98. The summed E-state index contributed by atoms with van der Waals surface area (Å²) in [5, 5.41) is 1.98. The number of hydrogen-bond acceptors (Lipinski definition) is 2. The summed E-state index contributed by atoms with van der Waals surface area (Å²) in [6.07, 6.45) is 0. The third-order valence-corrected chi connectivity index (χ3v) is 2.88. The third kappa shape index (κ3) is 1.54. The summed E-state index contributed by atoms with van der Waals surface area (Å²) in [5.74, 6) is -0.381. The van der Waals surface area contributed by atoms with E-state index in [1.54, 1.807) is 17.4 Å². The second kappa shape index (κ2) is 3.64. The number of primary amides is 1. The Bertz CT molecular complexity index is 448. The van der Waals surface area contributed by atoms with Gasteiger partial charge in [0.2, 0.25) is 5.91 Å². The monoisotopic (exact) mass is 203 g/mol. The first-order chi connectivity index (χ1) is 6.79. The largest absolute Gasteiger partial charge is 0.366 e. The lowest BCUT2D eigenvalue weighted by Crippen LogP contribution is -2.11. The van der Waals surface area contributed by atoms with Gasteiger partial charge in [0, 0.05) is 16.0 Å². The normalized spacial score (nSPS) is 10.0. The minimum absolute atomic E-state index is 0.381. The molecule has 0 atom stereocenters. The molecule has 1 aromatic heterocycles. The van der Waals surface area contributed by atoms with E-state index < -0.39 is 0 Å². The highest BCUT2D eigenvalue weighted by Gasteiger charge is 2.08. The van der Waals surface area contributed by atoms with Gasteiger partial charge in [0.05, 0.1) is 0 Å². The summed E-state index contributed by atoms with van der Waals surface area (Å²) in [4.78, 5) is 12.2. The van der Waals surface area contributed by atoms with Crippen molar-refractivity contribution in [3.8, 4) is 10.4 Å². The Hall–Kier alpha value is -1.61. The zero-order chi connectivity index (χ0) is 9.97. The molecule has 1 aromatic carbocycles. The summed E-state index contributed by atoms with van der Waals surface area (Å²) in [6.45, 7) is 0. The predicted octanol–water partition coefficient (Wildman–Crippen LogP) is 2.51. The second-order valence-electron chi connectivity index (χ2n) is 2.89. The van der Waals surface area contributed by atoms with Crippen LogP contribution in [0, 0.1) is 0 Å². The summed E-state index contributed by atoms with van der Waals surface area (Å²) in [5.41, 5.74) is 6.78. The van der Waals surface area contributed by atoms with Gasteiger partial charge in [-0.05, 0) is 17.5 Å². The van der Waals surface area contributed by atoms with Crippen LogP contribution in [0.5, 0.6) is 0 Å². The van der Waals surface area contributed by atoms with Gasteiger partial charge in [0.15, 0.2) is 0 Å². The van der Waals surface area contributed by atoms with Crippen LogP contribution in [0.1, 0.15) is 10.4 Å². The molecule has 1 heterocycles. The summed E-state index contributed by atoms with van der Waals surface area (Å²) < 4.78 is 0. The van der Waals surface area contributed by atoms with Gasteiger partial charge in [-0.15, -0.1) is 11.3 Å². The van der Waals surface area contributed by atoms with Crippen LogP contribution in [-0.4, -0.2) is 5.91 Å². The maximum Gasteiger partial charge on any atom is 0.249 e. The molecule has 0 aliphatic carbocycles. The fraction of sp³-hybridized carbons (Fsp3) is 0. The molecule has 2 aromatic rings. The quantitative estimate of drug-likeness (QED) is 0.800. The summed E-state index contributed by atoms with van der Waals surface area (Å²) in [6, 6.07) is 11.3. The van der Waals surface area contributed by atoms with Crippen LogP contribution in [-0.2, 0) is 0 Å². The van der Waals surface area contributed by atoms with Crippen molar-refractivity contribution >= 4 is 17.2 Å². The van der Waals surface area contributed by atoms with E-state index in [9.17, 15) is 4.79 Å². The molecule has 0 bridgehead atoms. The van der Waals surface area contributed by atoms with E-state index in [1.165, 1.54) is 0 Å². The van der Waals surface area contributed by atoms with Gasteiger partial charge in [-0.2, -0.15) is 0 Å². The summed E-state index contributed by atoms with van der Waals surface area (Å²) in [7, 11) is 0. The first-order valence-electron chi connectivity index (χ1n) is 4.22. The van der Waals surface area contributed by atoms with Crippen LogP contribution in [0.2, 0.25) is 0 Å². The van der Waals surface area contributed by atoms with Gasteiger partial charge in [-0.3, -0.25) is 4.79 Å². The van der Waals surface area contributed by atoms with Gasteiger partial charge < -0.3 is 5.73 Å². The topological polar surface area (TPSA) is 43.1 Å². The molecule has 0 spiro atoms. The molecule has 3 heteroatoms. The standard InChI is InChI=1S/C11H9NOS/c12-11(13)9-5-2-1-4-8(9)10-6-3-7-14-10/h1-7H,(H2,12,13). The van der Waals surface area contributed by atoms with Crippen molar-refractivity contribution < 1.29 is 4.79 Å². The number of benzene rings is 1. The molecule has 2 N–H and O–H groups in total. The number of thiophene rings is 1. The van der Waals surface area contributed by atoms with Crippen molar-refractivity contribution in [2.75, 3.05) is 0 Å². The van der Waals surface area contributed by atoms with Crippen LogP contribution in [0.4, 0.5) is 0 Å². The zero-order valence-electron chi connectivity index (χ0n) is 7.44. The molecule has 0 radical (unpaired) electrons. The van der Waals surface area contributed by atoms with E-state index in [0.717, 1.165) is 10.4 Å². The molecule has 2 rings (SSSR count). The SMILES string of the molecule is NC(=O)c1ccccc1-c1cccs1. The van der Waals surface area contributed by atoms with E-state index >= 15 is 0 Å². The minimum atomic E-state index is -0.381. The van der Waals surface area contributed by atoms with Crippen LogP contribution in [0.25, 0.3) is 10.4 Å². The molecule has 0 aliphatic heterocycles. The molecule has 0 saturated heterocycles. The van der Waals surface area contributed by atoms with E-state index in [2.05, 4.69) is 0 Å². The molecule has 0 unspecified atom stereocenters. The Morgan fingerprint density at radius 2 is 1.93 bits per heavy atom. The number of rotatable bonds is 2. The number of nitrogens with two attached hydrogens (primary N) is 1. The number of hydrogen-bond donors (Lipinski definition) is 1. The fourth-order valence-corrected chi connectivity index (χ4v) is 2.11. The molecular weight excluding hydrogens is 194 g/mol. The smallest absolute Gasteiger partial charge is 0.249 e. The van der Waals surface area contributed by atoms with E-state index in [-0.39, 0.29) is 5.91 Å². The highest BCUT2D eigenvalue weighted by atomic mass is 32.1. The fourth-order valence-electron chi connectivity index (χ4n) is 1.34. The Morgan fingerprint density at radius 1 is 1.14 bits per heavy atom. The van der Waals surface area contributed by atoms with Gasteiger partial charge in [-0.1, -0.05) is 24.3 Å². The Kier molecular flexibility index (Phi) is 2.33. The van der Waals surface area contributed by atoms with Crippen molar-refractivity contribution in [2.45, 2.75) is 0 Å². The van der Waals surface area contributed by atoms with Crippen LogP contribution < -0.4 is 5.73 Å². The predicted molar refractivity (Wildman–Crippen MR) is 58.3 cm³/mol. The summed E-state index contributed by atoms with van der Waals surface area (Å²) >= 11 is 1.60. The van der Waals surface area contributed by atoms with Crippen LogP contribution in [0.3, 0.4) is 0 Å². The highest BCUT2D eigenvalue weighted by Crippen LogP contribution is 2.27. The first-order valence-corrected chi connectivity index (χ1v) is 5.09. The van der Waals surface area contributed by atoms with Gasteiger partial charge in [-0.25, -0.2) is 0 Å². The van der Waals surface area contributed by atoms with Crippen molar-refractivity contribution in [1.29, 1.82) is 0 Å². The van der Waals surface area contributed by atoms with Gasteiger partial charge in [0.1, 0.15) is 0 Å². The lowest BCUT2D eigenvalue weighted by atomic mass is 10.1. The van der Waals surface area contributed by atoms with Gasteiger partial charge in [0.25, 0.3) is 0 Å². The van der Waals surface area contributed by atoms with E-state index in [0.29, 0.717) is 5.56 Å². The molecule has 0 saturated carbocycles. The number of carbonyl (C=O) groups is 1. The van der Waals surface area contributed by atoms with Crippen LogP contribution >= 0.6 is 11.3 Å². The first kappa shape index (κ1) is 8.97. The molecule has 0 fully saturated rings. The van der Waals surface area contributed by atoms with Gasteiger partial charge >= 0.3 is 0 Å². The second-order valence-corrected chi connectivity index (χ2v) is 3.83. The Labute approximate surface area is 86.0 Å². The molecule has 2 nitrogen and oxygen atoms in total. The Morgan fingerprint density at radius 3 is 2.57 bits per heavy atom. The highest BCUT2D eigenvalue weighted by molar-refractivity contribution is 7.13. The number of carbonyl (C=O) groups excluding carboxylic acids is 1. The van der Waals surface area contributed by atoms with Crippen molar-refractivity contribution in [1.82, 2.24) is 0 Å². The minimum Gasteiger partial charge on any atom is -0.366 e. The van der Waals surface area contributed by atoms with Crippen molar-refractivity contribution in [3.05, 3.63) is 47.3 Å². The molecule has 0 aliphatic rings.